The third-order valence-corrected chi connectivity index (χ3v) is 7.05. The van der Waals surface area contributed by atoms with Gasteiger partial charge in [-0.05, 0) is 23.9 Å². The molecule has 6 aromatic rings. The topological polar surface area (TPSA) is 119 Å². The number of thiophene rings is 1. The Kier molecular flexibility index (Phi) is 6.44. The van der Waals surface area contributed by atoms with Crippen molar-refractivity contribution in [3.05, 3.63) is 123 Å². The average Bonchev–Trinajstić information content (AvgIpc) is 3.73. The number of H-pyrrole nitrogens is 1. The third-order valence-electron chi connectivity index (χ3n) is 6.16. The van der Waals surface area contributed by atoms with Crippen LogP contribution in [0.5, 0.6) is 0 Å². The molecule has 0 aliphatic carbocycles. The van der Waals surface area contributed by atoms with Crippen molar-refractivity contribution in [3.63, 3.8) is 0 Å². The molecule has 0 fully saturated rings. The van der Waals surface area contributed by atoms with Gasteiger partial charge in [-0.2, -0.15) is 9.78 Å². The quantitative estimate of drug-likeness (QED) is 0.280. The first-order chi connectivity index (χ1) is 19.0. The zero-order chi connectivity index (χ0) is 26.8. The Labute approximate surface area is 226 Å². The van der Waals surface area contributed by atoms with Gasteiger partial charge in [0.2, 0.25) is 5.95 Å². The van der Waals surface area contributed by atoms with Crippen LogP contribution in [0, 0.1) is 6.92 Å². The smallest absolute Gasteiger partial charge is 0.279 e. The Bertz CT molecular complexity index is 1810. The molecule has 0 spiro atoms. The number of amides is 1. The summed E-state index contributed by atoms with van der Waals surface area (Å²) < 4.78 is 6.81. The van der Waals surface area contributed by atoms with E-state index < -0.39 is 5.91 Å². The van der Waals surface area contributed by atoms with E-state index in [-0.39, 0.29) is 17.2 Å². The van der Waals surface area contributed by atoms with E-state index in [1.807, 2.05) is 78.2 Å². The molecule has 1 amide bonds. The Hall–Kier alpha value is -5.09. The van der Waals surface area contributed by atoms with Crippen LogP contribution >= 0.6 is 11.3 Å². The lowest BCUT2D eigenvalue weighted by Gasteiger charge is -2.10. The average molecular weight is 535 g/mol. The molecule has 0 radical (unpaired) electrons. The Morgan fingerprint density at radius 2 is 1.79 bits per heavy atom. The van der Waals surface area contributed by atoms with Gasteiger partial charge in [0.25, 0.3) is 11.5 Å². The fourth-order valence-corrected chi connectivity index (χ4v) is 4.86. The first-order valence-electron chi connectivity index (χ1n) is 12.2. The highest BCUT2D eigenvalue weighted by Crippen LogP contribution is 2.28. The third kappa shape index (κ3) is 5.05. The van der Waals surface area contributed by atoms with E-state index in [0.717, 1.165) is 16.0 Å². The predicted molar refractivity (Wildman–Crippen MR) is 149 cm³/mol. The van der Waals surface area contributed by atoms with Crippen molar-refractivity contribution >= 4 is 23.1 Å². The van der Waals surface area contributed by atoms with Crippen LogP contribution < -0.4 is 10.9 Å². The first-order valence-corrected chi connectivity index (χ1v) is 13.0. The Morgan fingerprint density at radius 3 is 2.51 bits per heavy atom. The summed E-state index contributed by atoms with van der Waals surface area (Å²) in [6.45, 7) is 1.79. The molecule has 0 bridgehead atoms. The fraction of sp³-hybridized carbons (Fsp3) is 0.0690. The minimum absolute atomic E-state index is 0.107. The normalized spacial score (nSPS) is 11.0. The van der Waals surface area contributed by atoms with E-state index in [4.69, 9.17) is 4.52 Å². The Morgan fingerprint density at radius 1 is 1.03 bits per heavy atom. The molecule has 0 saturated carbocycles. The van der Waals surface area contributed by atoms with E-state index in [1.54, 1.807) is 19.1 Å². The second-order valence-electron chi connectivity index (χ2n) is 8.82. The summed E-state index contributed by atoms with van der Waals surface area (Å²) in [6, 6.07) is 26.3. The van der Waals surface area contributed by atoms with Crippen LogP contribution in [0.4, 0.5) is 5.82 Å². The second kappa shape index (κ2) is 10.3. The summed E-state index contributed by atoms with van der Waals surface area (Å²) in [5.41, 5.74) is 3.42. The maximum Gasteiger partial charge on any atom is 0.279 e. The predicted octanol–water partition coefficient (Wildman–Crippen LogP) is 5.49. The number of benzene rings is 2. The van der Waals surface area contributed by atoms with E-state index in [1.165, 1.54) is 16.0 Å². The molecule has 4 aromatic heterocycles. The maximum atomic E-state index is 13.2. The molecular weight excluding hydrogens is 512 g/mol. The van der Waals surface area contributed by atoms with Gasteiger partial charge >= 0.3 is 0 Å². The SMILES string of the molecule is Cc1nc(-n2nc(-c3cccs3)cc2NC(=O)c2cc(-c3ccccc3)on2)[nH]c(=O)c1Cc1ccccc1. The van der Waals surface area contributed by atoms with Crippen molar-refractivity contribution < 1.29 is 9.32 Å². The standard InChI is InChI=1S/C29H22N6O3S/c1-18-21(15-19-9-4-2-5-10-19)27(36)32-29(30-18)35-26(17-22(33-35)25-13-8-14-39-25)31-28(37)23-16-24(38-34-23)20-11-6-3-7-12-20/h2-14,16-17H,15H2,1H3,(H,31,37)(H,30,32,36). The van der Waals surface area contributed by atoms with Crippen LogP contribution in [-0.2, 0) is 6.42 Å². The van der Waals surface area contributed by atoms with Crippen LogP contribution in [0.25, 0.3) is 27.8 Å². The molecule has 0 unspecified atom stereocenters. The van der Waals surface area contributed by atoms with Gasteiger partial charge in [0.05, 0.1) is 10.6 Å². The molecule has 0 aliphatic heterocycles. The summed E-state index contributed by atoms with van der Waals surface area (Å²) in [5, 5.41) is 13.4. The summed E-state index contributed by atoms with van der Waals surface area (Å²) in [5.74, 6) is 0.507. The monoisotopic (exact) mass is 534 g/mol. The summed E-state index contributed by atoms with van der Waals surface area (Å²) in [7, 11) is 0. The molecule has 0 aliphatic rings. The minimum Gasteiger partial charge on any atom is -0.355 e. The molecule has 2 aromatic carbocycles. The highest BCUT2D eigenvalue weighted by atomic mass is 32.1. The molecule has 39 heavy (non-hydrogen) atoms. The highest BCUT2D eigenvalue weighted by molar-refractivity contribution is 7.13. The van der Waals surface area contributed by atoms with Crippen molar-refractivity contribution in [1.82, 2.24) is 24.9 Å². The number of carbonyl (C=O) groups excluding carboxylic acids is 1. The van der Waals surface area contributed by atoms with Crippen LogP contribution in [0.3, 0.4) is 0 Å². The number of aryl methyl sites for hydroxylation is 1. The summed E-state index contributed by atoms with van der Waals surface area (Å²) >= 11 is 1.51. The van der Waals surface area contributed by atoms with Gasteiger partial charge in [-0.25, -0.2) is 4.98 Å². The molecule has 6 rings (SSSR count). The summed E-state index contributed by atoms with van der Waals surface area (Å²) in [6.07, 6.45) is 0.453. The van der Waals surface area contributed by atoms with Crippen LogP contribution in [0.15, 0.2) is 99.6 Å². The summed E-state index contributed by atoms with van der Waals surface area (Å²) in [4.78, 5) is 34.7. The van der Waals surface area contributed by atoms with E-state index in [9.17, 15) is 9.59 Å². The van der Waals surface area contributed by atoms with Gasteiger partial charge in [0, 0.05) is 29.7 Å². The largest absolute Gasteiger partial charge is 0.355 e. The first kappa shape index (κ1) is 24.3. The number of rotatable bonds is 7. The van der Waals surface area contributed by atoms with Crippen molar-refractivity contribution in [3.8, 4) is 27.8 Å². The number of aromatic amines is 1. The van der Waals surface area contributed by atoms with E-state index in [0.29, 0.717) is 35.0 Å². The van der Waals surface area contributed by atoms with E-state index >= 15 is 0 Å². The fourth-order valence-electron chi connectivity index (χ4n) is 4.18. The van der Waals surface area contributed by atoms with Gasteiger partial charge in [0.15, 0.2) is 11.5 Å². The molecule has 4 heterocycles. The number of nitrogens with one attached hydrogen (secondary N) is 2. The van der Waals surface area contributed by atoms with Gasteiger partial charge in [-0.1, -0.05) is 71.9 Å². The molecule has 2 N–H and O–H groups in total. The van der Waals surface area contributed by atoms with Gasteiger partial charge in [-0.3, -0.25) is 14.6 Å². The zero-order valence-corrected chi connectivity index (χ0v) is 21.6. The zero-order valence-electron chi connectivity index (χ0n) is 20.8. The molecular formula is C29H22N6O3S. The molecule has 10 heteroatoms. The lowest BCUT2D eigenvalue weighted by atomic mass is 10.1. The number of hydrogen-bond acceptors (Lipinski definition) is 7. The van der Waals surface area contributed by atoms with Crippen LogP contribution in [-0.4, -0.2) is 30.8 Å². The number of hydrogen-bond donors (Lipinski definition) is 2. The number of anilines is 1. The second-order valence-corrected chi connectivity index (χ2v) is 9.76. The van der Waals surface area contributed by atoms with E-state index in [2.05, 4.69) is 25.5 Å². The minimum atomic E-state index is -0.487. The lowest BCUT2D eigenvalue weighted by molar-refractivity contribution is 0.101. The highest BCUT2D eigenvalue weighted by Gasteiger charge is 2.20. The number of aromatic nitrogens is 5. The molecule has 9 nitrogen and oxygen atoms in total. The van der Waals surface area contributed by atoms with Crippen molar-refractivity contribution in [2.24, 2.45) is 0 Å². The van der Waals surface area contributed by atoms with Gasteiger partial charge in [0.1, 0.15) is 11.5 Å². The lowest BCUT2D eigenvalue weighted by Crippen LogP contribution is -2.22. The number of nitrogens with zero attached hydrogens (tertiary/aromatic N) is 4. The van der Waals surface area contributed by atoms with Crippen LogP contribution in [0.2, 0.25) is 0 Å². The molecule has 192 valence electrons. The van der Waals surface area contributed by atoms with Crippen molar-refractivity contribution in [2.45, 2.75) is 13.3 Å². The molecule has 0 atom stereocenters. The van der Waals surface area contributed by atoms with Crippen molar-refractivity contribution in [2.75, 3.05) is 5.32 Å². The van der Waals surface area contributed by atoms with Crippen LogP contribution in [0.1, 0.15) is 27.3 Å². The van der Waals surface area contributed by atoms with Gasteiger partial charge in [-0.15, -0.1) is 11.3 Å². The number of carbonyl (C=O) groups is 1. The van der Waals surface area contributed by atoms with Crippen molar-refractivity contribution in [1.29, 1.82) is 0 Å². The Balaban J connectivity index is 1.34. The molecule has 0 saturated heterocycles. The maximum absolute atomic E-state index is 13.2. The van der Waals surface area contributed by atoms with Gasteiger partial charge < -0.3 is 9.84 Å².